The third kappa shape index (κ3) is 1.38. The molecule has 76 valence electrons. The lowest BCUT2D eigenvalue weighted by atomic mass is 10.1. The predicted molar refractivity (Wildman–Crippen MR) is 53.0 cm³/mol. The second-order valence-electron chi connectivity index (χ2n) is 3.47. The third-order valence-corrected chi connectivity index (χ3v) is 3.61. The summed E-state index contributed by atoms with van der Waals surface area (Å²) >= 11 is 1.18. The number of rotatable bonds is 1. The number of thiophene rings is 1. The maximum atomic E-state index is 10.8. The summed E-state index contributed by atoms with van der Waals surface area (Å²) in [6, 6.07) is 0. The molecule has 0 aliphatic carbocycles. The molecule has 0 aromatic carbocycles. The monoisotopic (exact) mass is 213 g/mol. The summed E-state index contributed by atoms with van der Waals surface area (Å²) in [5.74, 6) is -1.06. The first-order valence-electron chi connectivity index (χ1n) is 4.35. The first kappa shape index (κ1) is 9.48. The molecule has 0 fully saturated rings. The number of fused-ring (bicyclic) bond motifs is 1. The van der Waals surface area contributed by atoms with Gasteiger partial charge in [0, 0.05) is 23.5 Å². The van der Waals surface area contributed by atoms with E-state index < -0.39 is 5.97 Å². The molecule has 2 heterocycles. The van der Waals surface area contributed by atoms with Crippen LogP contribution in [0.5, 0.6) is 5.75 Å². The first-order valence-corrected chi connectivity index (χ1v) is 5.16. The number of aromatic carboxylic acids is 1. The van der Waals surface area contributed by atoms with Crippen molar-refractivity contribution >= 4 is 17.3 Å². The van der Waals surface area contributed by atoms with Crippen molar-refractivity contribution in [3.8, 4) is 5.75 Å². The van der Waals surface area contributed by atoms with Crippen molar-refractivity contribution in [3.63, 3.8) is 0 Å². The number of likely N-dealkylation sites (N-methyl/N-ethyl adjacent to an activating group) is 1. The zero-order chi connectivity index (χ0) is 10.3. The van der Waals surface area contributed by atoms with E-state index in [1.54, 1.807) is 0 Å². The summed E-state index contributed by atoms with van der Waals surface area (Å²) in [6.07, 6.45) is 0.738. The molecule has 0 unspecified atom stereocenters. The molecule has 1 aromatic rings. The van der Waals surface area contributed by atoms with E-state index >= 15 is 0 Å². The van der Waals surface area contributed by atoms with Crippen LogP contribution in [0.4, 0.5) is 0 Å². The van der Waals surface area contributed by atoms with Gasteiger partial charge in [-0.15, -0.1) is 11.3 Å². The van der Waals surface area contributed by atoms with E-state index in [1.807, 2.05) is 7.05 Å². The van der Waals surface area contributed by atoms with Crippen LogP contribution in [0.1, 0.15) is 20.1 Å². The Balaban J connectivity index is 2.45. The van der Waals surface area contributed by atoms with Crippen LogP contribution in [0.3, 0.4) is 0 Å². The van der Waals surface area contributed by atoms with Crippen LogP contribution >= 0.6 is 11.3 Å². The van der Waals surface area contributed by atoms with Crippen molar-refractivity contribution in [2.45, 2.75) is 13.0 Å². The van der Waals surface area contributed by atoms with Crippen LogP contribution in [0.15, 0.2) is 0 Å². The van der Waals surface area contributed by atoms with E-state index in [0.29, 0.717) is 0 Å². The fourth-order valence-electron chi connectivity index (χ4n) is 1.66. The molecule has 1 aliphatic rings. The smallest absolute Gasteiger partial charge is 0.349 e. The van der Waals surface area contributed by atoms with Gasteiger partial charge in [0.1, 0.15) is 5.75 Å². The Bertz CT molecular complexity index is 386. The Labute approximate surface area is 85.4 Å². The Morgan fingerprint density at radius 3 is 2.93 bits per heavy atom. The highest BCUT2D eigenvalue weighted by molar-refractivity contribution is 7.14. The average molecular weight is 213 g/mol. The minimum absolute atomic E-state index is 0.0226. The highest BCUT2D eigenvalue weighted by Crippen LogP contribution is 2.37. The SMILES string of the molecule is CN1CCc2c(sc(C(=O)O)c2O)C1. The fourth-order valence-corrected chi connectivity index (χ4v) is 2.82. The van der Waals surface area contributed by atoms with Crippen molar-refractivity contribution < 1.29 is 15.0 Å². The van der Waals surface area contributed by atoms with Gasteiger partial charge in [-0.1, -0.05) is 0 Å². The molecule has 0 spiro atoms. The molecule has 0 amide bonds. The van der Waals surface area contributed by atoms with Gasteiger partial charge >= 0.3 is 5.97 Å². The molecule has 0 saturated carbocycles. The second-order valence-corrected chi connectivity index (χ2v) is 4.58. The number of carbonyl (C=O) groups is 1. The van der Waals surface area contributed by atoms with Gasteiger partial charge in [0.05, 0.1) is 0 Å². The van der Waals surface area contributed by atoms with E-state index in [0.717, 1.165) is 30.0 Å². The lowest BCUT2D eigenvalue weighted by molar-refractivity contribution is 0.0699. The van der Waals surface area contributed by atoms with E-state index in [-0.39, 0.29) is 10.6 Å². The number of hydrogen-bond donors (Lipinski definition) is 2. The number of carboxylic acid groups (broad SMARTS) is 1. The molecule has 1 aliphatic heterocycles. The molecule has 4 nitrogen and oxygen atoms in total. The zero-order valence-electron chi connectivity index (χ0n) is 7.78. The van der Waals surface area contributed by atoms with Crippen LogP contribution in [-0.4, -0.2) is 34.7 Å². The Morgan fingerprint density at radius 2 is 2.29 bits per heavy atom. The Hall–Kier alpha value is -1.07. The number of carboxylic acids is 1. The van der Waals surface area contributed by atoms with Gasteiger partial charge in [0.25, 0.3) is 0 Å². The molecular weight excluding hydrogens is 202 g/mol. The van der Waals surface area contributed by atoms with Gasteiger partial charge in [0.2, 0.25) is 0 Å². The maximum absolute atomic E-state index is 10.8. The molecular formula is C9H11NO3S. The zero-order valence-corrected chi connectivity index (χ0v) is 8.60. The highest BCUT2D eigenvalue weighted by atomic mass is 32.1. The van der Waals surface area contributed by atoms with Crippen LogP contribution in [0.2, 0.25) is 0 Å². The van der Waals surface area contributed by atoms with Gasteiger partial charge in [-0.2, -0.15) is 0 Å². The number of nitrogens with zero attached hydrogens (tertiary/aromatic N) is 1. The lowest BCUT2D eigenvalue weighted by Gasteiger charge is -2.21. The van der Waals surface area contributed by atoms with E-state index in [9.17, 15) is 9.90 Å². The van der Waals surface area contributed by atoms with Crippen molar-refractivity contribution in [1.29, 1.82) is 0 Å². The fraction of sp³-hybridized carbons (Fsp3) is 0.444. The van der Waals surface area contributed by atoms with Crippen LogP contribution < -0.4 is 0 Å². The molecule has 0 atom stereocenters. The maximum Gasteiger partial charge on any atom is 0.349 e. The quantitative estimate of drug-likeness (QED) is 0.734. The second kappa shape index (κ2) is 3.25. The van der Waals surface area contributed by atoms with Crippen LogP contribution in [-0.2, 0) is 13.0 Å². The van der Waals surface area contributed by atoms with Gasteiger partial charge in [-0.25, -0.2) is 4.79 Å². The molecule has 1 aromatic heterocycles. The molecule has 0 radical (unpaired) electrons. The van der Waals surface area contributed by atoms with Gasteiger partial charge in [0.15, 0.2) is 4.88 Å². The van der Waals surface area contributed by atoms with Gasteiger partial charge in [-0.05, 0) is 13.5 Å². The number of aromatic hydroxyl groups is 1. The summed E-state index contributed by atoms with van der Waals surface area (Å²) in [5, 5.41) is 18.5. The average Bonchev–Trinajstić information content (AvgIpc) is 2.43. The Morgan fingerprint density at radius 1 is 1.57 bits per heavy atom. The molecule has 0 bridgehead atoms. The third-order valence-electron chi connectivity index (χ3n) is 2.41. The van der Waals surface area contributed by atoms with Gasteiger partial charge < -0.3 is 15.1 Å². The summed E-state index contributed by atoms with van der Waals surface area (Å²) in [6.45, 7) is 1.61. The highest BCUT2D eigenvalue weighted by Gasteiger charge is 2.25. The molecule has 14 heavy (non-hydrogen) atoms. The minimum Gasteiger partial charge on any atom is -0.506 e. The Kier molecular flexibility index (Phi) is 2.20. The first-order chi connectivity index (χ1) is 6.59. The molecule has 2 N–H and O–H groups in total. The summed E-state index contributed by atoms with van der Waals surface area (Å²) in [5.41, 5.74) is 0.825. The lowest BCUT2D eigenvalue weighted by Crippen LogP contribution is -2.25. The molecule has 5 heteroatoms. The van der Waals surface area contributed by atoms with E-state index in [1.165, 1.54) is 11.3 Å². The van der Waals surface area contributed by atoms with Crippen LogP contribution in [0, 0.1) is 0 Å². The van der Waals surface area contributed by atoms with E-state index in [4.69, 9.17) is 5.11 Å². The van der Waals surface area contributed by atoms with Crippen molar-refractivity contribution in [3.05, 3.63) is 15.3 Å². The van der Waals surface area contributed by atoms with Crippen molar-refractivity contribution in [2.75, 3.05) is 13.6 Å². The molecule has 2 rings (SSSR count). The summed E-state index contributed by atoms with van der Waals surface area (Å²) < 4.78 is 0. The van der Waals surface area contributed by atoms with Gasteiger partial charge in [-0.3, -0.25) is 0 Å². The summed E-state index contributed by atoms with van der Waals surface area (Å²) in [4.78, 5) is 13.9. The standard InChI is InChI=1S/C9H11NO3S/c1-10-3-2-5-6(4-10)14-8(7(5)11)9(12)13/h11H,2-4H2,1H3,(H,12,13). The molecule has 0 saturated heterocycles. The van der Waals surface area contributed by atoms with E-state index in [2.05, 4.69) is 4.90 Å². The number of hydrogen-bond acceptors (Lipinski definition) is 4. The van der Waals surface area contributed by atoms with Crippen molar-refractivity contribution in [2.24, 2.45) is 0 Å². The normalized spacial score (nSPS) is 16.6. The minimum atomic E-state index is -1.04. The largest absolute Gasteiger partial charge is 0.506 e. The topological polar surface area (TPSA) is 60.8 Å². The predicted octanol–water partition coefficient (Wildman–Crippen LogP) is 1.14. The summed E-state index contributed by atoms with van der Waals surface area (Å²) in [7, 11) is 1.99. The van der Waals surface area contributed by atoms with Crippen LogP contribution in [0.25, 0.3) is 0 Å². The van der Waals surface area contributed by atoms with Crippen molar-refractivity contribution in [1.82, 2.24) is 4.90 Å².